The maximum Gasteiger partial charge on any atom is 0.270 e. The lowest BCUT2D eigenvalue weighted by atomic mass is 10.0. The minimum Gasteiger partial charge on any atom is -0.344 e. The molecular weight excluding hydrogens is 318 g/mol. The maximum absolute atomic E-state index is 12.5. The molecule has 1 N–H and O–H groups in total. The maximum atomic E-state index is 12.5. The number of aromatic nitrogens is 4. The molecule has 128 valence electrons. The third-order valence-corrected chi connectivity index (χ3v) is 4.56. The lowest BCUT2D eigenvalue weighted by Crippen LogP contribution is -2.29. The number of hydrogen-bond acceptors (Lipinski definition) is 5. The third-order valence-electron chi connectivity index (χ3n) is 4.56. The van der Waals surface area contributed by atoms with Gasteiger partial charge in [-0.2, -0.15) is 10.1 Å². The van der Waals surface area contributed by atoms with Gasteiger partial charge >= 0.3 is 0 Å². The molecule has 7 heteroatoms. The second-order valence-electron chi connectivity index (χ2n) is 6.15. The number of benzene rings is 1. The first-order valence-corrected chi connectivity index (χ1v) is 8.42. The molecule has 2 heterocycles. The fraction of sp³-hybridized carbons (Fsp3) is 0.333. The van der Waals surface area contributed by atoms with Gasteiger partial charge in [-0.25, -0.2) is 0 Å². The molecule has 1 aliphatic rings. The normalized spacial score (nSPS) is 16.0. The summed E-state index contributed by atoms with van der Waals surface area (Å²) in [6, 6.07) is 7.87. The van der Waals surface area contributed by atoms with Crippen LogP contribution >= 0.6 is 0 Å². The summed E-state index contributed by atoms with van der Waals surface area (Å²) in [4.78, 5) is 16.8. The molecule has 0 radical (unpaired) electrons. The van der Waals surface area contributed by atoms with Crippen LogP contribution in [0.1, 0.15) is 46.9 Å². The molecule has 1 aliphatic carbocycles. The van der Waals surface area contributed by atoms with E-state index >= 15 is 0 Å². The van der Waals surface area contributed by atoms with Crippen molar-refractivity contribution in [1.82, 2.24) is 25.2 Å². The van der Waals surface area contributed by atoms with Crippen LogP contribution in [0, 0.1) is 6.92 Å². The molecule has 0 spiro atoms. The van der Waals surface area contributed by atoms with E-state index in [0.29, 0.717) is 24.0 Å². The Balaban J connectivity index is 1.55. The van der Waals surface area contributed by atoms with Crippen LogP contribution in [0.5, 0.6) is 0 Å². The van der Waals surface area contributed by atoms with Gasteiger partial charge in [-0.05, 0) is 43.0 Å². The van der Waals surface area contributed by atoms with Gasteiger partial charge in [0.1, 0.15) is 5.69 Å². The predicted octanol–water partition coefficient (Wildman–Crippen LogP) is 2.68. The Morgan fingerprint density at radius 3 is 3.04 bits per heavy atom. The van der Waals surface area contributed by atoms with Crippen LogP contribution in [0.2, 0.25) is 0 Å². The Labute approximate surface area is 145 Å². The smallest absolute Gasteiger partial charge is 0.270 e. The third kappa shape index (κ3) is 2.82. The number of nitrogens with zero attached hydrogens (tertiary/aromatic N) is 4. The van der Waals surface area contributed by atoms with E-state index in [2.05, 4.69) is 26.6 Å². The summed E-state index contributed by atoms with van der Waals surface area (Å²) in [6.45, 7) is 4.41. The van der Waals surface area contributed by atoms with Crippen molar-refractivity contribution in [2.75, 3.05) is 0 Å². The van der Waals surface area contributed by atoms with Gasteiger partial charge < -0.3 is 9.84 Å². The van der Waals surface area contributed by atoms with Crippen molar-refractivity contribution in [3.63, 3.8) is 0 Å². The second-order valence-corrected chi connectivity index (χ2v) is 6.15. The van der Waals surface area contributed by atoms with Crippen molar-refractivity contribution in [3.8, 4) is 11.4 Å². The number of nitrogens with one attached hydrogen (secondary N) is 1. The molecule has 25 heavy (non-hydrogen) atoms. The fourth-order valence-electron chi connectivity index (χ4n) is 3.33. The van der Waals surface area contributed by atoms with E-state index in [-0.39, 0.29) is 11.9 Å². The molecule has 0 aliphatic heterocycles. The SMILES string of the molecule is CCn1nccc1C(=O)NC1CCc2cc(-c3noc(C)n3)ccc21. The number of fused-ring (bicyclic) bond motifs is 1. The van der Waals surface area contributed by atoms with Crippen molar-refractivity contribution < 1.29 is 9.32 Å². The second kappa shape index (κ2) is 6.16. The molecule has 0 saturated carbocycles. The Morgan fingerprint density at radius 1 is 1.40 bits per heavy atom. The molecule has 1 aromatic carbocycles. The van der Waals surface area contributed by atoms with Gasteiger partial charge in [0.05, 0.1) is 6.04 Å². The lowest BCUT2D eigenvalue weighted by Gasteiger charge is -2.15. The highest BCUT2D eigenvalue weighted by molar-refractivity contribution is 5.92. The Kier molecular flexibility index (Phi) is 3.83. The molecule has 3 aromatic rings. The van der Waals surface area contributed by atoms with Crippen LogP contribution in [0.3, 0.4) is 0 Å². The molecule has 0 saturated heterocycles. The molecule has 1 unspecified atom stereocenters. The predicted molar refractivity (Wildman–Crippen MR) is 90.9 cm³/mol. The van der Waals surface area contributed by atoms with Crippen molar-refractivity contribution in [2.45, 2.75) is 39.3 Å². The quantitative estimate of drug-likeness (QED) is 0.791. The van der Waals surface area contributed by atoms with Gasteiger partial charge in [-0.3, -0.25) is 9.48 Å². The zero-order chi connectivity index (χ0) is 17.4. The highest BCUT2D eigenvalue weighted by Gasteiger charge is 2.26. The number of hydrogen-bond donors (Lipinski definition) is 1. The first-order chi connectivity index (χ1) is 12.2. The van der Waals surface area contributed by atoms with Crippen LogP contribution in [0.4, 0.5) is 0 Å². The van der Waals surface area contributed by atoms with Gasteiger partial charge in [0.15, 0.2) is 0 Å². The van der Waals surface area contributed by atoms with Gasteiger partial charge in [-0.15, -0.1) is 0 Å². The monoisotopic (exact) mass is 337 g/mol. The van der Waals surface area contributed by atoms with Crippen molar-refractivity contribution in [1.29, 1.82) is 0 Å². The number of aryl methyl sites for hydroxylation is 3. The number of amides is 1. The van der Waals surface area contributed by atoms with Gasteiger partial charge in [0, 0.05) is 25.2 Å². The number of carbonyl (C=O) groups is 1. The molecule has 0 bridgehead atoms. The van der Waals surface area contributed by atoms with E-state index in [1.807, 2.05) is 19.1 Å². The number of rotatable bonds is 4. The van der Waals surface area contributed by atoms with Crippen molar-refractivity contribution in [3.05, 3.63) is 53.2 Å². The van der Waals surface area contributed by atoms with E-state index in [1.165, 1.54) is 5.56 Å². The zero-order valence-electron chi connectivity index (χ0n) is 14.2. The molecule has 1 amide bonds. The minimum atomic E-state index is -0.0879. The Bertz CT molecular complexity index is 927. The summed E-state index contributed by atoms with van der Waals surface area (Å²) in [7, 11) is 0. The Morgan fingerprint density at radius 2 is 2.28 bits per heavy atom. The average Bonchev–Trinajstić information content (AvgIpc) is 3.34. The standard InChI is InChI=1S/C18H19N5O2/c1-3-23-16(8-9-19-23)18(24)21-15-7-5-12-10-13(4-6-14(12)15)17-20-11(2)25-22-17/h4,6,8-10,15H,3,5,7H2,1-2H3,(H,21,24). The minimum absolute atomic E-state index is 0.0174. The van der Waals surface area contributed by atoms with Crippen LogP contribution < -0.4 is 5.32 Å². The summed E-state index contributed by atoms with van der Waals surface area (Å²) in [6.07, 6.45) is 3.45. The van der Waals surface area contributed by atoms with Gasteiger partial charge in [-0.1, -0.05) is 17.3 Å². The van der Waals surface area contributed by atoms with E-state index in [9.17, 15) is 4.79 Å². The topological polar surface area (TPSA) is 85.8 Å². The number of carbonyl (C=O) groups excluding carboxylic acids is 1. The van der Waals surface area contributed by atoms with Crippen molar-refractivity contribution in [2.24, 2.45) is 0 Å². The zero-order valence-corrected chi connectivity index (χ0v) is 14.2. The molecule has 4 rings (SSSR count). The Hall–Kier alpha value is -2.96. The van der Waals surface area contributed by atoms with E-state index in [4.69, 9.17) is 4.52 Å². The molecule has 7 nitrogen and oxygen atoms in total. The molecular formula is C18H19N5O2. The van der Waals surface area contributed by atoms with Gasteiger partial charge in [0.2, 0.25) is 11.7 Å². The summed E-state index contributed by atoms with van der Waals surface area (Å²) < 4.78 is 6.75. The first kappa shape index (κ1) is 15.6. The fourth-order valence-corrected chi connectivity index (χ4v) is 3.33. The molecule has 1 atom stereocenters. The average molecular weight is 337 g/mol. The van der Waals surface area contributed by atoms with Crippen LogP contribution in [0.25, 0.3) is 11.4 Å². The van der Waals surface area contributed by atoms with E-state index in [0.717, 1.165) is 24.0 Å². The highest BCUT2D eigenvalue weighted by atomic mass is 16.5. The van der Waals surface area contributed by atoms with Crippen molar-refractivity contribution >= 4 is 5.91 Å². The summed E-state index contributed by atoms with van der Waals surface area (Å²) in [5.74, 6) is 1.06. The van der Waals surface area contributed by atoms with Crippen LogP contribution in [-0.2, 0) is 13.0 Å². The van der Waals surface area contributed by atoms with Crippen LogP contribution in [-0.4, -0.2) is 25.8 Å². The largest absolute Gasteiger partial charge is 0.344 e. The van der Waals surface area contributed by atoms with Gasteiger partial charge in [0.25, 0.3) is 5.91 Å². The van der Waals surface area contributed by atoms with E-state index < -0.39 is 0 Å². The van der Waals surface area contributed by atoms with E-state index in [1.54, 1.807) is 23.9 Å². The lowest BCUT2D eigenvalue weighted by molar-refractivity contribution is 0.0926. The van der Waals surface area contributed by atoms with Crippen LogP contribution in [0.15, 0.2) is 35.0 Å². The first-order valence-electron chi connectivity index (χ1n) is 8.42. The molecule has 0 fully saturated rings. The molecule has 2 aromatic heterocycles. The summed E-state index contributed by atoms with van der Waals surface area (Å²) >= 11 is 0. The summed E-state index contributed by atoms with van der Waals surface area (Å²) in [5, 5.41) is 11.2. The highest BCUT2D eigenvalue weighted by Crippen LogP contribution is 2.33. The summed E-state index contributed by atoms with van der Waals surface area (Å²) in [5.41, 5.74) is 3.90.